The molecule has 0 saturated carbocycles. The maximum Gasteiger partial charge on any atom is 0.372 e. The van der Waals surface area contributed by atoms with Crippen molar-refractivity contribution in [1.29, 1.82) is 0 Å². The molecular formula is C13H16N4O4. The molecule has 112 valence electrons. The van der Waals surface area contributed by atoms with Crippen molar-refractivity contribution in [2.24, 2.45) is 0 Å². The number of nitrogens with zero attached hydrogens (tertiary/aromatic N) is 3. The van der Waals surface area contributed by atoms with Crippen molar-refractivity contribution in [3.05, 3.63) is 39.6 Å². The maximum absolute atomic E-state index is 11.2. The Hall–Kier alpha value is -2.64. The summed E-state index contributed by atoms with van der Waals surface area (Å²) in [6, 6.07) is 1.68. The van der Waals surface area contributed by atoms with Gasteiger partial charge in [-0.1, -0.05) is 0 Å². The third kappa shape index (κ3) is 2.93. The van der Waals surface area contributed by atoms with Crippen LogP contribution in [-0.4, -0.2) is 22.0 Å². The Morgan fingerprint density at radius 3 is 2.67 bits per heavy atom. The van der Waals surface area contributed by atoms with Gasteiger partial charge in [-0.2, -0.15) is 4.98 Å². The molecular weight excluding hydrogens is 276 g/mol. The van der Waals surface area contributed by atoms with E-state index in [0.29, 0.717) is 0 Å². The summed E-state index contributed by atoms with van der Waals surface area (Å²) >= 11 is 0. The lowest BCUT2D eigenvalue weighted by molar-refractivity contribution is -0.385. The van der Waals surface area contributed by atoms with Crippen LogP contribution in [0.2, 0.25) is 0 Å². The van der Waals surface area contributed by atoms with Crippen LogP contribution in [0.3, 0.4) is 0 Å². The third-order valence-electron chi connectivity index (χ3n) is 3.06. The number of nitro groups is 1. The molecule has 21 heavy (non-hydrogen) atoms. The molecule has 8 heteroatoms. The van der Waals surface area contributed by atoms with Crippen LogP contribution in [0.5, 0.6) is 5.88 Å². The highest BCUT2D eigenvalue weighted by Crippen LogP contribution is 2.33. The molecule has 0 aromatic carbocycles. The van der Waals surface area contributed by atoms with Crippen LogP contribution in [-0.2, 0) is 0 Å². The quantitative estimate of drug-likeness (QED) is 0.667. The van der Waals surface area contributed by atoms with Crippen molar-refractivity contribution >= 4 is 11.5 Å². The minimum Gasteiger partial charge on any atom is -0.476 e. The van der Waals surface area contributed by atoms with Crippen molar-refractivity contribution in [3.8, 4) is 5.88 Å². The van der Waals surface area contributed by atoms with Crippen LogP contribution < -0.4 is 10.1 Å². The van der Waals surface area contributed by atoms with Gasteiger partial charge in [0.25, 0.3) is 5.88 Å². The van der Waals surface area contributed by atoms with Crippen molar-refractivity contribution in [3.63, 3.8) is 0 Å². The second-order valence-electron chi connectivity index (χ2n) is 4.57. The first-order valence-corrected chi connectivity index (χ1v) is 6.31. The largest absolute Gasteiger partial charge is 0.476 e. The molecule has 1 unspecified atom stereocenters. The minimum absolute atomic E-state index is 0.0789. The highest BCUT2D eigenvalue weighted by molar-refractivity contribution is 5.61. The van der Waals surface area contributed by atoms with Crippen molar-refractivity contribution < 1.29 is 14.1 Å². The highest BCUT2D eigenvalue weighted by atomic mass is 16.6. The van der Waals surface area contributed by atoms with E-state index < -0.39 is 4.92 Å². The molecule has 8 nitrogen and oxygen atoms in total. The molecule has 0 fully saturated rings. The van der Waals surface area contributed by atoms with E-state index in [4.69, 9.17) is 9.15 Å². The van der Waals surface area contributed by atoms with Gasteiger partial charge in [0.05, 0.1) is 18.1 Å². The van der Waals surface area contributed by atoms with Crippen LogP contribution in [0, 0.1) is 24.0 Å². The number of methoxy groups -OCH3 is 1. The van der Waals surface area contributed by atoms with Gasteiger partial charge in [0.2, 0.25) is 5.82 Å². The van der Waals surface area contributed by atoms with Gasteiger partial charge in [-0.3, -0.25) is 10.1 Å². The minimum atomic E-state index is -0.568. The predicted molar refractivity (Wildman–Crippen MR) is 75.5 cm³/mol. The number of aromatic nitrogens is 2. The van der Waals surface area contributed by atoms with Crippen LogP contribution in [0.25, 0.3) is 0 Å². The number of rotatable bonds is 5. The van der Waals surface area contributed by atoms with Crippen molar-refractivity contribution in [2.45, 2.75) is 26.8 Å². The first-order chi connectivity index (χ1) is 9.93. The topological polar surface area (TPSA) is 103 Å². The maximum atomic E-state index is 11.2. The smallest absolute Gasteiger partial charge is 0.372 e. The molecule has 0 aliphatic carbocycles. The van der Waals surface area contributed by atoms with Crippen LogP contribution in [0.4, 0.5) is 11.5 Å². The second-order valence-corrected chi connectivity index (χ2v) is 4.57. The number of anilines is 1. The van der Waals surface area contributed by atoms with E-state index >= 15 is 0 Å². The molecule has 0 radical (unpaired) electrons. The van der Waals surface area contributed by atoms with E-state index in [9.17, 15) is 10.1 Å². The van der Waals surface area contributed by atoms with Gasteiger partial charge in [0.1, 0.15) is 17.8 Å². The summed E-state index contributed by atoms with van der Waals surface area (Å²) in [7, 11) is 1.33. The average Bonchev–Trinajstić information content (AvgIpc) is 2.77. The lowest BCUT2D eigenvalue weighted by Crippen LogP contribution is -2.11. The van der Waals surface area contributed by atoms with E-state index in [1.54, 1.807) is 0 Å². The normalized spacial score (nSPS) is 12.0. The fourth-order valence-electron chi connectivity index (χ4n) is 2.15. The fraction of sp³-hybridized carbons (Fsp3) is 0.385. The molecule has 2 heterocycles. The van der Waals surface area contributed by atoms with Gasteiger partial charge in [-0.25, -0.2) is 4.98 Å². The first-order valence-electron chi connectivity index (χ1n) is 6.31. The number of hydrogen-bond acceptors (Lipinski definition) is 7. The lowest BCUT2D eigenvalue weighted by atomic mass is 10.1. The first kappa shape index (κ1) is 14.8. The van der Waals surface area contributed by atoms with E-state index in [1.165, 1.54) is 13.4 Å². The van der Waals surface area contributed by atoms with Gasteiger partial charge in [-0.15, -0.1) is 0 Å². The SMILES string of the molecule is COc1ncnc(NC(C)c2cc(C)oc2C)c1[N+](=O)[O-]. The molecule has 0 saturated heterocycles. The van der Waals surface area contributed by atoms with Crippen LogP contribution in [0.1, 0.15) is 30.0 Å². The van der Waals surface area contributed by atoms with E-state index in [1.807, 2.05) is 26.8 Å². The molecule has 0 aliphatic rings. The van der Waals surface area contributed by atoms with E-state index in [0.717, 1.165) is 17.1 Å². The number of nitrogens with one attached hydrogen (secondary N) is 1. The zero-order chi connectivity index (χ0) is 15.6. The summed E-state index contributed by atoms with van der Waals surface area (Å²) < 4.78 is 10.4. The molecule has 0 aliphatic heterocycles. The van der Waals surface area contributed by atoms with E-state index in [2.05, 4.69) is 15.3 Å². The molecule has 1 N–H and O–H groups in total. The van der Waals surface area contributed by atoms with Crippen molar-refractivity contribution in [1.82, 2.24) is 9.97 Å². The fourth-order valence-corrected chi connectivity index (χ4v) is 2.15. The molecule has 2 rings (SSSR count). The summed E-state index contributed by atoms with van der Waals surface area (Å²) in [5.74, 6) is 1.57. The summed E-state index contributed by atoms with van der Waals surface area (Å²) in [5.41, 5.74) is 0.629. The molecule has 0 bridgehead atoms. The zero-order valence-corrected chi connectivity index (χ0v) is 12.2. The number of ether oxygens (including phenoxy) is 1. The second kappa shape index (κ2) is 5.78. The van der Waals surface area contributed by atoms with E-state index in [-0.39, 0.29) is 23.4 Å². The molecule has 2 aromatic heterocycles. The Morgan fingerprint density at radius 2 is 2.14 bits per heavy atom. The number of furan rings is 1. The molecule has 0 amide bonds. The summed E-state index contributed by atoms with van der Waals surface area (Å²) in [5, 5.41) is 14.2. The number of aryl methyl sites for hydroxylation is 2. The average molecular weight is 292 g/mol. The molecule has 1 atom stereocenters. The van der Waals surface area contributed by atoms with Gasteiger partial charge in [-0.05, 0) is 26.8 Å². The molecule has 0 spiro atoms. The van der Waals surface area contributed by atoms with Crippen LogP contribution in [0.15, 0.2) is 16.8 Å². The highest BCUT2D eigenvalue weighted by Gasteiger charge is 2.25. The van der Waals surface area contributed by atoms with Crippen molar-refractivity contribution in [2.75, 3.05) is 12.4 Å². The third-order valence-corrected chi connectivity index (χ3v) is 3.06. The Labute approximate surface area is 121 Å². The van der Waals surface area contributed by atoms with Gasteiger partial charge in [0.15, 0.2) is 0 Å². The van der Waals surface area contributed by atoms with Gasteiger partial charge in [0, 0.05) is 5.56 Å². The van der Waals surface area contributed by atoms with Gasteiger partial charge >= 0.3 is 5.69 Å². The zero-order valence-electron chi connectivity index (χ0n) is 12.2. The molecule has 2 aromatic rings. The van der Waals surface area contributed by atoms with Gasteiger partial charge < -0.3 is 14.5 Å². The Bertz CT molecular complexity index is 668. The number of hydrogen-bond donors (Lipinski definition) is 1. The summed E-state index contributed by atoms with van der Waals surface area (Å²) in [6.07, 6.45) is 1.22. The Balaban J connectivity index is 2.35. The standard InChI is InChI=1S/C13H16N4O4/c1-7-5-10(9(3)21-7)8(2)16-12-11(17(18)19)13(20-4)15-6-14-12/h5-6,8H,1-4H3,(H,14,15,16). The summed E-state index contributed by atoms with van der Waals surface area (Å²) in [4.78, 5) is 18.3. The monoisotopic (exact) mass is 292 g/mol. The Kier molecular flexibility index (Phi) is 4.06. The lowest BCUT2D eigenvalue weighted by Gasteiger charge is -2.14. The Morgan fingerprint density at radius 1 is 1.43 bits per heavy atom. The summed E-state index contributed by atoms with van der Waals surface area (Å²) in [6.45, 7) is 5.56. The van der Waals surface area contributed by atoms with Crippen LogP contribution >= 0.6 is 0 Å². The predicted octanol–water partition coefficient (Wildman–Crippen LogP) is 2.78.